The van der Waals surface area contributed by atoms with Gasteiger partial charge in [0.05, 0.1) is 13.3 Å². The summed E-state index contributed by atoms with van der Waals surface area (Å²) < 4.78 is 39.9. The van der Waals surface area contributed by atoms with Crippen molar-refractivity contribution in [2.45, 2.75) is 20.0 Å². The number of nitrogens with one attached hydrogen (secondary N) is 3. The van der Waals surface area contributed by atoms with Crippen LogP contribution < -0.4 is 20.1 Å². The Morgan fingerprint density at radius 3 is 2.33 bits per heavy atom. The summed E-state index contributed by atoms with van der Waals surface area (Å²) in [5, 5.41) is 12.9. The van der Waals surface area contributed by atoms with Crippen molar-refractivity contribution in [3.8, 4) is 28.5 Å². The van der Waals surface area contributed by atoms with Crippen LogP contribution >= 0.6 is 0 Å². The Balaban J connectivity index is 1.21. The van der Waals surface area contributed by atoms with Gasteiger partial charge in [-0.15, -0.1) is 10.2 Å². The minimum absolute atomic E-state index is 0.112. The largest absolute Gasteiger partial charge is 0.497 e. The molecular weight excluding hydrogens is 558 g/mol. The molecule has 0 aliphatic carbocycles. The number of hydrogen-bond acceptors (Lipinski definition) is 7. The Hall–Kier alpha value is -5.65. The van der Waals surface area contributed by atoms with E-state index in [0.717, 1.165) is 23.4 Å². The van der Waals surface area contributed by atoms with E-state index in [1.807, 2.05) is 24.3 Å². The maximum atomic E-state index is 15.0. The number of methoxy groups -OCH3 is 1. The number of benzene rings is 3. The highest BCUT2D eigenvalue weighted by Crippen LogP contribution is 2.27. The number of carbonyl (C=O) groups excluding carboxylic acids is 2. The molecule has 0 radical (unpaired) electrons. The molecule has 12 heteroatoms. The lowest BCUT2D eigenvalue weighted by Crippen LogP contribution is -2.24. The topological polar surface area (TPSA) is 131 Å². The van der Waals surface area contributed by atoms with Crippen LogP contribution in [0.15, 0.2) is 79.0 Å². The molecule has 2 heterocycles. The lowest BCUT2D eigenvalue weighted by Gasteiger charge is -2.12. The zero-order chi connectivity index (χ0) is 30.3. The number of rotatable bonds is 10. The minimum Gasteiger partial charge on any atom is -0.497 e. The van der Waals surface area contributed by atoms with E-state index in [2.05, 4.69) is 30.8 Å². The first kappa shape index (κ1) is 28.9. The molecule has 43 heavy (non-hydrogen) atoms. The zero-order valence-corrected chi connectivity index (χ0v) is 23.2. The number of hydrogen-bond donors (Lipinski definition) is 3. The molecule has 0 aliphatic rings. The maximum Gasteiger partial charge on any atom is 0.289 e. The number of carbonyl (C=O) groups is 2. The average Bonchev–Trinajstić information content (AvgIpc) is 3.46. The van der Waals surface area contributed by atoms with Crippen LogP contribution in [0.3, 0.4) is 0 Å². The molecule has 5 aromatic rings. The number of amides is 2. The quantitative estimate of drug-likeness (QED) is 0.208. The zero-order valence-electron chi connectivity index (χ0n) is 23.2. The number of pyridine rings is 1. The Kier molecular flexibility index (Phi) is 8.66. The summed E-state index contributed by atoms with van der Waals surface area (Å²) in [4.78, 5) is 31.8. The molecule has 2 aromatic heterocycles. The van der Waals surface area contributed by atoms with E-state index in [1.54, 1.807) is 43.3 Å². The predicted molar refractivity (Wildman–Crippen MR) is 153 cm³/mol. The van der Waals surface area contributed by atoms with E-state index in [4.69, 9.17) is 9.47 Å². The molecule has 2 amide bonds. The van der Waals surface area contributed by atoms with Gasteiger partial charge >= 0.3 is 0 Å². The second-order valence-corrected chi connectivity index (χ2v) is 9.41. The van der Waals surface area contributed by atoms with Crippen LogP contribution in [0.2, 0.25) is 0 Å². The number of aromatic nitrogens is 4. The number of H-pyrrole nitrogens is 1. The Bertz CT molecular complexity index is 1770. The van der Waals surface area contributed by atoms with Crippen LogP contribution in [0, 0.1) is 18.6 Å². The molecule has 0 spiro atoms. The fraction of sp³-hybridized carbons (Fsp3) is 0.129. The van der Waals surface area contributed by atoms with Gasteiger partial charge in [0.15, 0.2) is 0 Å². The summed E-state index contributed by atoms with van der Waals surface area (Å²) in [6.45, 7) is 1.83. The van der Waals surface area contributed by atoms with Crippen LogP contribution in [-0.2, 0) is 13.1 Å². The van der Waals surface area contributed by atoms with Crippen LogP contribution in [0.25, 0.3) is 11.1 Å². The van der Waals surface area contributed by atoms with E-state index in [1.165, 1.54) is 13.2 Å². The summed E-state index contributed by atoms with van der Waals surface area (Å²) in [5.74, 6) is -0.869. The van der Waals surface area contributed by atoms with Crippen LogP contribution in [-0.4, -0.2) is 39.1 Å². The smallest absolute Gasteiger partial charge is 0.289 e. The van der Waals surface area contributed by atoms with E-state index < -0.39 is 17.5 Å². The average molecular weight is 585 g/mol. The summed E-state index contributed by atoms with van der Waals surface area (Å²) >= 11 is 0. The maximum absolute atomic E-state index is 15.0. The molecule has 3 aromatic carbocycles. The normalized spacial score (nSPS) is 10.7. The highest BCUT2D eigenvalue weighted by atomic mass is 19.1. The lowest BCUT2D eigenvalue weighted by atomic mass is 10.0. The lowest BCUT2D eigenvalue weighted by molar-refractivity contribution is 0.0935. The predicted octanol–water partition coefficient (Wildman–Crippen LogP) is 5.11. The molecule has 5 rings (SSSR count). The summed E-state index contributed by atoms with van der Waals surface area (Å²) in [6, 6.07) is 19.6. The highest BCUT2D eigenvalue weighted by molar-refractivity contribution is 5.96. The minimum atomic E-state index is -0.725. The highest BCUT2D eigenvalue weighted by Gasteiger charge is 2.18. The van der Waals surface area contributed by atoms with Crippen molar-refractivity contribution in [1.29, 1.82) is 0 Å². The number of aromatic amines is 1. The first-order valence-corrected chi connectivity index (χ1v) is 13.1. The Labute approximate surface area is 245 Å². The van der Waals surface area contributed by atoms with Gasteiger partial charge in [-0.1, -0.05) is 42.5 Å². The summed E-state index contributed by atoms with van der Waals surface area (Å²) in [5.41, 5.74) is 2.32. The molecule has 10 nitrogen and oxygen atoms in total. The molecule has 218 valence electrons. The van der Waals surface area contributed by atoms with Gasteiger partial charge in [-0.2, -0.15) is 0 Å². The van der Waals surface area contributed by atoms with Crippen LogP contribution in [0.4, 0.5) is 8.78 Å². The molecular formula is C31H26F2N6O4. The Morgan fingerprint density at radius 2 is 1.60 bits per heavy atom. The molecule has 3 N–H and O–H groups in total. The first-order valence-electron chi connectivity index (χ1n) is 13.1. The van der Waals surface area contributed by atoms with Crippen molar-refractivity contribution < 1.29 is 27.8 Å². The molecule has 0 fully saturated rings. The van der Waals surface area contributed by atoms with Crippen molar-refractivity contribution in [2.24, 2.45) is 0 Å². The van der Waals surface area contributed by atoms with Gasteiger partial charge < -0.3 is 25.1 Å². The van der Waals surface area contributed by atoms with E-state index in [9.17, 15) is 14.0 Å². The van der Waals surface area contributed by atoms with Crippen LogP contribution in [0.5, 0.6) is 17.4 Å². The number of ether oxygens (including phenoxy) is 2. The van der Waals surface area contributed by atoms with Gasteiger partial charge in [-0.25, -0.2) is 13.8 Å². The molecule has 0 saturated carbocycles. The van der Waals surface area contributed by atoms with Crippen LogP contribution in [0.1, 0.15) is 37.9 Å². The van der Waals surface area contributed by atoms with Crippen molar-refractivity contribution in [3.63, 3.8) is 0 Å². The number of nitrogens with zero attached hydrogens (tertiary/aromatic N) is 3. The van der Waals surface area contributed by atoms with Crippen molar-refractivity contribution in [1.82, 2.24) is 30.8 Å². The number of aryl methyl sites for hydroxylation is 1. The SMILES string of the molecule is COc1cccc(Oc2ncc(F)cc2C(=O)NCc2ccc(-c3ccc(CNC(=O)c4nnc(C)[nH]4)cc3)cc2F)c1. The number of halogens is 2. The summed E-state index contributed by atoms with van der Waals surface area (Å²) in [7, 11) is 1.50. The molecule has 0 bridgehead atoms. The standard InChI is InChI=1S/C31H26F2N6O4/c1-18-37-28(39-38-18)30(41)34-15-19-6-8-20(9-7-19)21-10-11-22(27(33)12-21)16-35-29(40)26-13-23(32)17-36-31(26)43-25-5-3-4-24(14-25)42-2/h3-14,17H,15-16H2,1-2H3,(H,34,41)(H,35,40)(H,37,38,39). The fourth-order valence-corrected chi connectivity index (χ4v) is 4.12. The monoisotopic (exact) mass is 584 g/mol. The van der Waals surface area contributed by atoms with Gasteiger partial charge in [0.2, 0.25) is 11.7 Å². The van der Waals surface area contributed by atoms with Crippen molar-refractivity contribution in [2.75, 3.05) is 7.11 Å². The fourth-order valence-electron chi connectivity index (χ4n) is 4.12. The van der Waals surface area contributed by atoms with Gasteiger partial charge in [0, 0.05) is 24.7 Å². The van der Waals surface area contributed by atoms with Crippen molar-refractivity contribution in [3.05, 3.63) is 119 Å². The van der Waals surface area contributed by atoms with E-state index in [-0.39, 0.29) is 41.8 Å². The first-order chi connectivity index (χ1) is 20.8. The van der Waals surface area contributed by atoms with Gasteiger partial charge in [-0.3, -0.25) is 9.59 Å². The third-order valence-electron chi connectivity index (χ3n) is 6.37. The van der Waals surface area contributed by atoms with Gasteiger partial charge in [-0.05, 0) is 47.9 Å². The summed E-state index contributed by atoms with van der Waals surface area (Å²) in [6.07, 6.45) is 0.937. The molecule has 0 atom stereocenters. The van der Waals surface area contributed by atoms with E-state index in [0.29, 0.717) is 22.9 Å². The van der Waals surface area contributed by atoms with Crippen molar-refractivity contribution >= 4 is 11.8 Å². The Morgan fingerprint density at radius 1 is 0.860 bits per heavy atom. The third-order valence-corrected chi connectivity index (χ3v) is 6.37. The molecule has 0 unspecified atom stereocenters. The molecule has 0 aliphatic heterocycles. The van der Waals surface area contributed by atoms with E-state index >= 15 is 4.39 Å². The third kappa shape index (κ3) is 7.17. The van der Waals surface area contributed by atoms with Gasteiger partial charge in [0.25, 0.3) is 11.8 Å². The second-order valence-electron chi connectivity index (χ2n) is 9.41. The second kappa shape index (κ2) is 12.9. The van der Waals surface area contributed by atoms with Gasteiger partial charge in [0.1, 0.15) is 34.5 Å². The molecule has 0 saturated heterocycles.